The van der Waals surface area contributed by atoms with Crippen molar-refractivity contribution >= 4 is 46.0 Å². The van der Waals surface area contributed by atoms with Crippen molar-refractivity contribution in [2.45, 2.75) is 32.1 Å². The summed E-state index contributed by atoms with van der Waals surface area (Å²) >= 11 is 0. The fourth-order valence-corrected chi connectivity index (χ4v) is 3.61. The van der Waals surface area contributed by atoms with Crippen LogP contribution in [0.3, 0.4) is 0 Å². The van der Waals surface area contributed by atoms with Crippen LogP contribution in [0.25, 0.3) is 21.8 Å². The monoisotopic (exact) mass is 442 g/mol. The minimum Gasteiger partial charge on any atom is -0.361 e. The molecule has 2 aromatic carbocycles. The number of carbonyl (C=O) groups excluding carboxylic acids is 2. The highest BCUT2D eigenvalue weighted by Gasteiger charge is 2.04. The van der Waals surface area contributed by atoms with Gasteiger partial charge in [0.05, 0.1) is 12.4 Å². The van der Waals surface area contributed by atoms with E-state index in [1.54, 1.807) is 12.4 Å². The first kappa shape index (κ1) is 22.0. The second kappa shape index (κ2) is 10.9. The highest BCUT2D eigenvalue weighted by atomic mass is 16.2. The number of nitrogens with zero attached hydrogens (tertiary/aromatic N) is 2. The summed E-state index contributed by atoms with van der Waals surface area (Å²) in [5.41, 5.74) is 9.00. The number of hydrogen-bond acceptors (Lipinski definition) is 4. The summed E-state index contributed by atoms with van der Waals surface area (Å²) < 4.78 is 0. The summed E-state index contributed by atoms with van der Waals surface area (Å²) in [6.45, 7) is 0. The van der Waals surface area contributed by atoms with Gasteiger partial charge in [-0.25, -0.2) is 10.9 Å². The topological polar surface area (TPSA) is 114 Å². The van der Waals surface area contributed by atoms with E-state index in [2.05, 4.69) is 31.0 Å². The molecule has 2 amide bonds. The highest BCUT2D eigenvalue weighted by molar-refractivity contribution is 6.00. The van der Waals surface area contributed by atoms with E-state index < -0.39 is 0 Å². The normalized spacial score (nSPS) is 11.6. The number of para-hydroxylation sites is 2. The van der Waals surface area contributed by atoms with Crippen molar-refractivity contribution in [1.82, 2.24) is 20.8 Å². The number of unbranched alkanes of at least 4 members (excludes halogenated alkanes) is 2. The van der Waals surface area contributed by atoms with Crippen LogP contribution < -0.4 is 10.9 Å². The van der Waals surface area contributed by atoms with Gasteiger partial charge in [0.15, 0.2) is 0 Å². The first-order valence-electron chi connectivity index (χ1n) is 11.0. The largest absolute Gasteiger partial charge is 0.361 e. The Hall–Kier alpha value is -4.20. The number of fused-ring (bicyclic) bond motifs is 2. The fraction of sp³-hybridized carbons (Fsp3) is 0.200. The molecule has 168 valence electrons. The van der Waals surface area contributed by atoms with E-state index in [0.29, 0.717) is 25.7 Å². The lowest BCUT2D eigenvalue weighted by Crippen LogP contribution is -2.18. The summed E-state index contributed by atoms with van der Waals surface area (Å²) in [6, 6.07) is 15.8. The standard InChI is InChI=1S/C25H26N6O2/c32-24(30-28-16-18-14-26-22-10-6-4-8-20(18)22)12-2-1-3-13-25(33)31-29-17-19-15-27-23-11-7-5-9-21(19)23/h4-11,14-17,26-27H,1-3,12-13H2,(H,30,32)(H,31,33)/b28-16+,29-17+. The number of H-pyrrole nitrogens is 2. The number of amides is 2. The molecule has 4 N–H and O–H groups in total. The molecule has 0 atom stereocenters. The smallest absolute Gasteiger partial charge is 0.240 e. The molecule has 0 saturated carbocycles. The maximum atomic E-state index is 11.9. The lowest BCUT2D eigenvalue weighted by atomic mass is 10.1. The predicted octanol–water partition coefficient (Wildman–Crippen LogP) is 4.20. The number of hydrazone groups is 2. The molecule has 0 saturated heterocycles. The van der Waals surface area contributed by atoms with Gasteiger partial charge in [-0.3, -0.25) is 9.59 Å². The van der Waals surface area contributed by atoms with E-state index in [4.69, 9.17) is 0 Å². The minimum atomic E-state index is -0.140. The number of hydrogen-bond donors (Lipinski definition) is 4. The average molecular weight is 443 g/mol. The maximum Gasteiger partial charge on any atom is 0.240 e. The van der Waals surface area contributed by atoms with Crippen molar-refractivity contribution in [1.29, 1.82) is 0 Å². The third-order valence-corrected chi connectivity index (χ3v) is 5.34. The number of aromatic nitrogens is 2. The summed E-state index contributed by atoms with van der Waals surface area (Å²) in [5.74, 6) is -0.280. The Morgan fingerprint density at radius 2 is 1.15 bits per heavy atom. The van der Waals surface area contributed by atoms with Crippen LogP contribution in [0.1, 0.15) is 43.2 Å². The second-order valence-electron chi connectivity index (χ2n) is 7.73. The Balaban J connectivity index is 1.10. The molecule has 0 fully saturated rings. The third-order valence-electron chi connectivity index (χ3n) is 5.34. The second-order valence-corrected chi connectivity index (χ2v) is 7.73. The Kier molecular flexibility index (Phi) is 7.27. The van der Waals surface area contributed by atoms with Gasteiger partial charge >= 0.3 is 0 Å². The number of rotatable bonds is 10. The van der Waals surface area contributed by atoms with Crippen LogP contribution in [-0.2, 0) is 9.59 Å². The van der Waals surface area contributed by atoms with E-state index in [1.165, 1.54) is 0 Å². The maximum absolute atomic E-state index is 11.9. The molecule has 4 aromatic rings. The lowest BCUT2D eigenvalue weighted by Gasteiger charge is -2.01. The molecule has 0 spiro atoms. The lowest BCUT2D eigenvalue weighted by molar-refractivity contribution is -0.121. The van der Waals surface area contributed by atoms with Crippen molar-refractivity contribution in [2.24, 2.45) is 10.2 Å². The van der Waals surface area contributed by atoms with Crippen molar-refractivity contribution in [3.05, 3.63) is 72.1 Å². The summed E-state index contributed by atoms with van der Waals surface area (Å²) in [5, 5.41) is 10.2. The highest BCUT2D eigenvalue weighted by Crippen LogP contribution is 2.16. The molecule has 0 aliphatic rings. The van der Waals surface area contributed by atoms with E-state index >= 15 is 0 Å². The average Bonchev–Trinajstić information content (AvgIpc) is 3.43. The summed E-state index contributed by atoms with van der Waals surface area (Å²) in [6.07, 6.45) is 9.89. The zero-order valence-corrected chi connectivity index (χ0v) is 18.2. The Labute approximate surface area is 191 Å². The van der Waals surface area contributed by atoms with E-state index in [9.17, 15) is 9.59 Å². The molecule has 0 aliphatic heterocycles. The molecule has 33 heavy (non-hydrogen) atoms. The third kappa shape index (κ3) is 5.94. The van der Waals surface area contributed by atoms with Gasteiger partial charge in [0.25, 0.3) is 0 Å². The van der Waals surface area contributed by atoms with Gasteiger partial charge < -0.3 is 9.97 Å². The number of benzene rings is 2. The number of aromatic amines is 2. The van der Waals surface area contributed by atoms with E-state index in [-0.39, 0.29) is 11.8 Å². The van der Waals surface area contributed by atoms with Crippen molar-refractivity contribution < 1.29 is 9.59 Å². The van der Waals surface area contributed by atoms with Gasteiger partial charge in [-0.1, -0.05) is 42.8 Å². The van der Waals surface area contributed by atoms with E-state index in [0.717, 1.165) is 39.4 Å². The van der Waals surface area contributed by atoms with Gasteiger partial charge in [0.1, 0.15) is 0 Å². The first-order chi connectivity index (χ1) is 16.2. The quantitative estimate of drug-likeness (QED) is 0.167. The molecule has 0 unspecified atom stereocenters. The molecule has 8 nitrogen and oxygen atoms in total. The van der Waals surface area contributed by atoms with Crippen LogP contribution in [0.15, 0.2) is 71.1 Å². The van der Waals surface area contributed by atoms with Crippen molar-refractivity contribution in [3.8, 4) is 0 Å². The summed E-state index contributed by atoms with van der Waals surface area (Å²) in [7, 11) is 0. The molecule has 8 heteroatoms. The van der Waals surface area contributed by atoms with Gasteiger partial charge in [-0.15, -0.1) is 0 Å². The Bertz CT molecular complexity index is 1200. The Morgan fingerprint density at radius 3 is 1.64 bits per heavy atom. The van der Waals surface area contributed by atoms with Crippen LogP contribution in [0, 0.1) is 0 Å². The summed E-state index contributed by atoms with van der Waals surface area (Å²) in [4.78, 5) is 30.2. The van der Waals surface area contributed by atoms with Crippen molar-refractivity contribution in [3.63, 3.8) is 0 Å². The molecule has 0 radical (unpaired) electrons. The van der Waals surface area contributed by atoms with Gasteiger partial charge in [0, 0.05) is 58.2 Å². The molecule has 2 aromatic heterocycles. The zero-order chi connectivity index (χ0) is 22.9. The van der Waals surface area contributed by atoms with Crippen LogP contribution in [0.4, 0.5) is 0 Å². The van der Waals surface area contributed by atoms with Crippen LogP contribution in [-0.4, -0.2) is 34.2 Å². The molecule has 0 aliphatic carbocycles. The predicted molar refractivity (Wildman–Crippen MR) is 131 cm³/mol. The van der Waals surface area contributed by atoms with Crippen LogP contribution >= 0.6 is 0 Å². The SMILES string of the molecule is O=C(CCCCCC(=O)N/N=C/c1c[nH]c2ccccc12)N/N=C/c1c[nH]c2ccccc12. The van der Waals surface area contributed by atoms with Gasteiger partial charge in [-0.2, -0.15) is 10.2 Å². The molecule has 0 bridgehead atoms. The molecule has 4 rings (SSSR count). The fourth-order valence-electron chi connectivity index (χ4n) is 3.61. The van der Waals surface area contributed by atoms with Crippen LogP contribution in [0.2, 0.25) is 0 Å². The minimum absolute atomic E-state index is 0.140. The van der Waals surface area contributed by atoms with Crippen molar-refractivity contribution in [2.75, 3.05) is 0 Å². The van der Waals surface area contributed by atoms with E-state index in [1.807, 2.05) is 60.9 Å². The number of carbonyl (C=O) groups is 2. The van der Waals surface area contributed by atoms with Gasteiger partial charge in [-0.05, 0) is 25.0 Å². The Morgan fingerprint density at radius 1 is 0.697 bits per heavy atom. The van der Waals surface area contributed by atoms with Crippen LogP contribution in [0.5, 0.6) is 0 Å². The molecular formula is C25H26N6O2. The number of nitrogens with one attached hydrogen (secondary N) is 4. The zero-order valence-electron chi connectivity index (χ0n) is 18.2. The molecule has 2 heterocycles. The van der Waals surface area contributed by atoms with Gasteiger partial charge in [0.2, 0.25) is 11.8 Å². The molecular weight excluding hydrogens is 416 g/mol. The first-order valence-corrected chi connectivity index (χ1v) is 11.0.